The zero-order valence-electron chi connectivity index (χ0n) is 8.64. The van der Waals surface area contributed by atoms with Gasteiger partial charge in [0, 0.05) is 6.54 Å². The summed E-state index contributed by atoms with van der Waals surface area (Å²) < 4.78 is 0. The SMILES string of the molecule is C=C/C=C\C(CNC)=C(/C=C)CC. The van der Waals surface area contributed by atoms with E-state index in [0.717, 1.165) is 13.0 Å². The molecule has 72 valence electrons. The summed E-state index contributed by atoms with van der Waals surface area (Å²) in [5, 5.41) is 3.13. The van der Waals surface area contributed by atoms with Gasteiger partial charge in [-0.15, -0.1) is 0 Å². The van der Waals surface area contributed by atoms with Gasteiger partial charge in [0.05, 0.1) is 0 Å². The molecule has 0 amide bonds. The van der Waals surface area contributed by atoms with Crippen molar-refractivity contribution in [3.63, 3.8) is 0 Å². The van der Waals surface area contributed by atoms with Crippen molar-refractivity contribution in [1.29, 1.82) is 0 Å². The third-order valence-corrected chi connectivity index (χ3v) is 1.84. The summed E-state index contributed by atoms with van der Waals surface area (Å²) >= 11 is 0. The van der Waals surface area contributed by atoms with Gasteiger partial charge >= 0.3 is 0 Å². The van der Waals surface area contributed by atoms with Gasteiger partial charge in [0.1, 0.15) is 0 Å². The Hall–Kier alpha value is -1.08. The van der Waals surface area contributed by atoms with Crippen LogP contribution in [0.3, 0.4) is 0 Å². The molecule has 0 saturated carbocycles. The summed E-state index contributed by atoms with van der Waals surface area (Å²) in [5.41, 5.74) is 2.56. The molecule has 0 aromatic rings. The fraction of sp³-hybridized carbons (Fsp3) is 0.333. The van der Waals surface area contributed by atoms with E-state index in [2.05, 4.69) is 31.5 Å². The zero-order valence-corrected chi connectivity index (χ0v) is 8.64. The molecule has 0 aromatic heterocycles. The van der Waals surface area contributed by atoms with E-state index in [0.29, 0.717) is 0 Å². The lowest BCUT2D eigenvalue weighted by molar-refractivity contribution is 0.882. The van der Waals surface area contributed by atoms with Gasteiger partial charge < -0.3 is 5.32 Å². The minimum absolute atomic E-state index is 0.875. The first-order valence-electron chi connectivity index (χ1n) is 4.58. The van der Waals surface area contributed by atoms with Crippen LogP contribution in [-0.2, 0) is 0 Å². The van der Waals surface area contributed by atoms with Gasteiger partial charge in [-0.1, -0.05) is 44.4 Å². The molecule has 0 saturated heterocycles. The molecule has 1 nitrogen and oxygen atoms in total. The lowest BCUT2D eigenvalue weighted by atomic mass is 10.1. The van der Waals surface area contributed by atoms with Crippen LogP contribution in [0.15, 0.2) is 48.6 Å². The number of hydrogen-bond donors (Lipinski definition) is 1. The van der Waals surface area contributed by atoms with Gasteiger partial charge in [0.25, 0.3) is 0 Å². The van der Waals surface area contributed by atoms with Crippen LogP contribution in [0.2, 0.25) is 0 Å². The maximum atomic E-state index is 3.80. The minimum atomic E-state index is 0.875. The molecule has 0 aliphatic rings. The van der Waals surface area contributed by atoms with E-state index in [1.54, 1.807) is 6.08 Å². The van der Waals surface area contributed by atoms with Crippen molar-refractivity contribution >= 4 is 0 Å². The normalized spacial score (nSPS) is 12.8. The maximum absolute atomic E-state index is 3.80. The fourth-order valence-corrected chi connectivity index (χ4v) is 1.16. The monoisotopic (exact) mass is 177 g/mol. The van der Waals surface area contributed by atoms with E-state index >= 15 is 0 Å². The Labute approximate surface area is 81.5 Å². The van der Waals surface area contributed by atoms with Crippen LogP contribution in [0.4, 0.5) is 0 Å². The first-order valence-corrected chi connectivity index (χ1v) is 4.58. The number of allylic oxidation sites excluding steroid dienone is 4. The van der Waals surface area contributed by atoms with E-state index in [4.69, 9.17) is 0 Å². The molecule has 0 rings (SSSR count). The van der Waals surface area contributed by atoms with E-state index in [1.165, 1.54) is 11.1 Å². The van der Waals surface area contributed by atoms with Gasteiger partial charge in [-0.2, -0.15) is 0 Å². The molecule has 1 heteroatoms. The van der Waals surface area contributed by atoms with E-state index in [9.17, 15) is 0 Å². The van der Waals surface area contributed by atoms with Crippen LogP contribution in [0.1, 0.15) is 13.3 Å². The predicted octanol–water partition coefficient (Wildman–Crippen LogP) is 2.84. The first kappa shape index (κ1) is 11.9. The quantitative estimate of drug-likeness (QED) is 0.615. The van der Waals surface area contributed by atoms with Crippen molar-refractivity contribution in [2.24, 2.45) is 0 Å². The van der Waals surface area contributed by atoms with Crippen LogP contribution in [0, 0.1) is 0 Å². The van der Waals surface area contributed by atoms with Gasteiger partial charge in [-0.3, -0.25) is 0 Å². The Morgan fingerprint density at radius 2 is 2.00 bits per heavy atom. The molecular formula is C12H19N. The van der Waals surface area contributed by atoms with Crippen molar-refractivity contribution < 1.29 is 0 Å². The molecule has 13 heavy (non-hydrogen) atoms. The van der Waals surface area contributed by atoms with Crippen molar-refractivity contribution in [3.8, 4) is 0 Å². The fourth-order valence-electron chi connectivity index (χ4n) is 1.16. The third kappa shape index (κ3) is 4.48. The minimum Gasteiger partial charge on any atom is -0.316 e. The molecular weight excluding hydrogens is 158 g/mol. The third-order valence-electron chi connectivity index (χ3n) is 1.84. The summed E-state index contributed by atoms with van der Waals surface area (Å²) in [6, 6.07) is 0. The second-order valence-corrected chi connectivity index (χ2v) is 2.73. The predicted molar refractivity (Wildman–Crippen MR) is 60.8 cm³/mol. The number of likely N-dealkylation sites (N-methyl/N-ethyl adjacent to an activating group) is 1. The Bertz CT molecular complexity index is 221. The standard InChI is InChI=1S/C12H19N/c1-5-8-9-12(10-13-4)11(6-2)7-3/h5-6,8-9,13H,1-2,7,10H2,3-4H3/b9-8-,12-11-. The van der Waals surface area contributed by atoms with Gasteiger partial charge in [0.2, 0.25) is 0 Å². The van der Waals surface area contributed by atoms with Gasteiger partial charge in [-0.05, 0) is 24.6 Å². The molecule has 0 bridgehead atoms. The number of hydrogen-bond acceptors (Lipinski definition) is 1. The van der Waals surface area contributed by atoms with E-state index in [-0.39, 0.29) is 0 Å². The summed E-state index contributed by atoms with van der Waals surface area (Å²) in [7, 11) is 1.94. The average Bonchev–Trinajstić information content (AvgIpc) is 2.16. The van der Waals surface area contributed by atoms with Crippen molar-refractivity contribution in [2.45, 2.75) is 13.3 Å². The summed E-state index contributed by atoms with van der Waals surface area (Å²) in [6.45, 7) is 10.5. The lowest BCUT2D eigenvalue weighted by Gasteiger charge is -2.06. The average molecular weight is 177 g/mol. The lowest BCUT2D eigenvalue weighted by Crippen LogP contribution is -2.10. The highest BCUT2D eigenvalue weighted by Crippen LogP contribution is 2.10. The highest BCUT2D eigenvalue weighted by atomic mass is 14.8. The molecule has 0 spiro atoms. The Morgan fingerprint density at radius 3 is 2.38 bits per heavy atom. The van der Waals surface area contributed by atoms with Crippen LogP contribution in [0.5, 0.6) is 0 Å². The molecule has 0 aliphatic heterocycles. The van der Waals surface area contributed by atoms with Crippen LogP contribution < -0.4 is 5.32 Å². The molecule has 0 aromatic carbocycles. The van der Waals surface area contributed by atoms with Crippen molar-refractivity contribution in [1.82, 2.24) is 5.32 Å². The highest BCUT2D eigenvalue weighted by molar-refractivity contribution is 5.34. The molecule has 0 aliphatic carbocycles. The summed E-state index contributed by atoms with van der Waals surface area (Å²) in [6.07, 6.45) is 8.74. The zero-order chi connectivity index (χ0) is 10.1. The second kappa shape index (κ2) is 7.56. The molecule has 1 N–H and O–H groups in total. The van der Waals surface area contributed by atoms with Crippen LogP contribution in [0.25, 0.3) is 0 Å². The maximum Gasteiger partial charge on any atom is 0.0205 e. The largest absolute Gasteiger partial charge is 0.316 e. The van der Waals surface area contributed by atoms with Crippen LogP contribution >= 0.6 is 0 Å². The van der Waals surface area contributed by atoms with Crippen molar-refractivity contribution in [3.05, 3.63) is 48.6 Å². The second-order valence-electron chi connectivity index (χ2n) is 2.73. The van der Waals surface area contributed by atoms with E-state index in [1.807, 2.05) is 19.2 Å². The molecule has 0 heterocycles. The molecule has 0 fully saturated rings. The Kier molecular flexibility index (Phi) is 6.93. The van der Waals surface area contributed by atoms with Gasteiger partial charge in [0.15, 0.2) is 0 Å². The van der Waals surface area contributed by atoms with E-state index < -0.39 is 0 Å². The van der Waals surface area contributed by atoms with Crippen molar-refractivity contribution in [2.75, 3.05) is 13.6 Å². The Morgan fingerprint density at radius 1 is 1.31 bits per heavy atom. The summed E-state index contributed by atoms with van der Waals surface area (Å²) in [5.74, 6) is 0. The van der Waals surface area contributed by atoms with Gasteiger partial charge in [-0.25, -0.2) is 0 Å². The summed E-state index contributed by atoms with van der Waals surface area (Å²) in [4.78, 5) is 0. The van der Waals surface area contributed by atoms with Crippen LogP contribution in [-0.4, -0.2) is 13.6 Å². The topological polar surface area (TPSA) is 12.0 Å². The Balaban J connectivity index is 4.71. The number of rotatable bonds is 6. The molecule has 0 atom stereocenters. The molecule has 0 radical (unpaired) electrons. The molecule has 0 unspecified atom stereocenters. The first-order chi connectivity index (χ1) is 6.29. The highest BCUT2D eigenvalue weighted by Gasteiger charge is 1.96. The number of nitrogens with one attached hydrogen (secondary N) is 1. The smallest absolute Gasteiger partial charge is 0.0205 e.